The van der Waals surface area contributed by atoms with Crippen molar-refractivity contribution in [2.75, 3.05) is 25.7 Å². The molecule has 0 amide bonds. The fourth-order valence-electron chi connectivity index (χ4n) is 2.24. The number of benzene rings is 1. The predicted octanol–water partition coefficient (Wildman–Crippen LogP) is 2.78. The standard InChI is InChI=1S/C15H23NO4/c1-5-9-16(12(6-2)15(17)18)13-8-7-11(19-3)10-14(13)20-4/h7-8,10,12H,5-6,9H2,1-4H3,(H,17,18)/t12-/m1/s1. The van der Waals surface area contributed by atoms with Gasteiger partial charge in [0.05, 0.1) is 19.9 Å². The number of rotatable bonds is 8. The number of aliphatic carboxylic acids is 1. The van der Waals surface area contributed by atoms with Crippen LogP contribution in [0.15, 0.2) is 18.2 Å². The van der Waals surface area contributed by atoms with Crippen molar-refractivity contribution in [2.24, 2.45) is 0 Å². The number of ether oxygens (including phenoxy) is 2. The summed E-state index contributed by atoms with van der Waals surface area (Å²) in [5.41, 5.74) is 0.782. The van der Waals surface area contributed by atoms with E-state index >= 15 is 0 Å². The van der Waals surface area contributed by atoms with E-state index in [1.807, 2.05) is 30.9 Å². The van der Waals surface area contributed by atoms with Crippen molar-refractivity contribution in [1.82, 2.24) is 0 Å². The third-order valence-corrected chi connectivity index (χ3v) is 3.21. The molecule has 0 heterocycles. The number of anilines is 1. The Kier molecular flexibility index (Phi) is 6.15. The third-order valence-electron chi connectivity index (χ3n) is 3.21. The number of hydrogen-bond acceptors (Lipinski definition) is 4. The van der Waals surface area contributed by atoms with Gasteiger partial charge in [0.2, 0.25) is 0 Å². The van der Waals surface area contributed by atoms with Crippen LogP contribution in [0.5, 0.6) is 11.5 Å². The normalized spacial score (nSPS) is 11.8. The lowest BCUT2D eigenvalue weighted by Gasteiger charge is -2.31. The molecule has 0 aliphatic carbocycles. The number of carbonyl (C=O) groups is 1. The van der Waals surface area contributed by atoms with Crippen LogP contribution in [0.25, 0.3) is 0 Å². The van der Waals surface area contributed by atoms with Crippen molar-refractivity contribution >= 4 is 11.7 Å². The van der Waals surface area contributed by atoms with E-state index in [1.54, 1.807) is 20.3 Å². The minimum absolute atomic E-state index is 0.532. The Morgan fingerprint density at radius 1 is 1.30 bits per heavy atom. The first-order chi connectivity index (χ1) is 9.58. The molecule has 0 aliphatic rings. The van der Waals surface area contributed by atoms with Crippen LogP contribution < -0.4 is 14.4 Å². The molecular formula is C15H23NO4. The molecule has 0 saturated heterocycles. The number of nitrogens with zero attached hydrogens (tertiary/aromatic N) is 1. The van der Waals surface area contributed by atoms with E-state index in [4.69, 9.17) is 9.47 Å². The Morgan fingerprint density at radius 3 is 2.45 bits per heavy atom. The van der Waals surface area contributed by atoms with Gasteiger partial charge in [-0.15, -0.1) is 0 Å². The van der Waals surface area contributed by atoms with Gasteiger partial charge in [0, 0.05) is 12.6 Å². The first kappa shape index (κ1) is 16.1. The molecule has 1 atom stereocenters. The summed E-state index contributed by atoms with van der Waals surface area (Å²) in [5.74, 6) is 0.488. The van der Waals surface area contributed by atoms with Gasteiger partial charge < -0.3 is 19.5 Å². The number of hydrogen-bond donors (Lipinski definition) is 1. The molecule has 5 nitrogen and oxygen atoms in total. The minimum Gasteiger partial charge on any atom is -0.497 e. The lowest BCUT2D eigenvalue weighted by molar-refractivity contribution is -0.138. The Hall–Kier alpha value is -1.91. The summed E-state index contributed by atoms with van der Waals surface area (Å²) in [6.07, 6.45) is 1.39. The minimum atomic E-state index is -0.821. The maximum absolute atomic E-state index is 11.4. The molecule has 0 radical (unpaired) electrons. The summed E-state index contributed by atoms with van der Waals surface area (Å²) in [7, 11) is 3.16. The molecule has 1 N–H and O–H groups in total. The molecule has 1 rings (SSSR count). The Labute approximate surface area is 120 Å². The van der Waals surface area contributed by atoms with Gasteiger partial charge in [-0.3, -0.25) is 0 Å². The van der Waals surface area contributed by atoms with Crippen LogP contribution in [0, 0.1) is 0 Å². The number of carboxylic acids is 1. The fraction of sp³-hybridized carbons (Fsp3) is 0.533. The highest BCUT2D eigenvalue weighted by molar-refractivity contribution is 5.79. The summed E-state index contributed by atoms with van der Waals surface area (Å²) in [6, 6.07) is 4.87. The molecule has 1 aromatic rings. The van der Waals surface area contributed by atoms with E-state index in [2.05, 4.69) is 0 Å². The first-order valence-corrected chi connectivity index (χ1v) is 6.80. The second kappa shape index (κ2) is 7.62. The van der Waals surface area contributed by atoms with Crippen molar-refractivity contribution in [3.63, 3.8) is 0 Å². The maximum Gasteiger partial charge on any atom is 0.326 e. The SMILES string of the molecule is CCCN(c1ccc(OC)cc1OC)[C@H](CC)C(=O)O. The Balaban J connectivity index is 3.22. The summed E-state index contributed by atoms with van der Waals surface area (Å²) in [5, 5.41) is 9.39. The number of carboxylic acid groups (broad SMARTS) is 1. The molecule has 5 heteroatoms. The van der Waals surface area contributed by atoms with Crippen LogP contribution in [0.1, 0.15) is 26.7 Å². The van der Waals surface area contributed by atoms with Crippen molar-refractivity contribution in [3.8, 4) is 11.5 Å². The maximum atomic E-state index is 11.4. The van der Waals surface area contributed by atoms with Gasteiger partial charge in [-0.1, -0.05) is 13.8 Å². The van der Waals surface area contributed by atoms with Crippen LogP contribution >= 0.6 is 0 Å². The molecule has 1 aromatic carbocycles. The van der Waals surface area contributed by atoms with Gasteiger partial charge in [0.25, 0.3) is 0 Å². The van der Waals surface area contributed by atoms with Crippen LogP contribution in [-0.4, -0.2) is 37.9 Å². The summed E-state index contributed by atoms with van der Waals surface area (Å²) in [4.78, 5) is 13.3. The van der Waals surface area contributed by atoms with Crippen LogP contribution in [0.2, 0.25) is 0 Å². The van der Waals surface area contributed by atoms with Crippen molar-refractivity contribution < 1.29 is 19.4 Å². The van der Waals surface area contributed by atoms with E-state index in [1.165, 1.54) is 0 Å². The van der Waals surface area contributed by atoms with Crippen molar-refractivity contribution in [1.29, 1.82) is 0 Å². The van der Waals surface area contributed by atoms with E-state index in [0.717, 1.165) is 12.1 Å². The Bertz CT molecular complexity index is 447. The van der Waals surface area contributed by atoms with Crippen LogP contribution in [0.4, 0.5) is 5.69 Å². The zero-order valence-electron chi connectivity index (χ0n) is 12.5. The van der Waals surface area contributed by atoms with E-state index in [0.29, 0.717) is 24.5 Å². The average molecular weight is 281 g/mol. The highest BCUT2D eigenvalue weighted by atomic mass is 16.5. The predicted molar refractivity (Wildman–Crippen MR) is 78.9 cm³/mol. The highest BCUT2D eigenvalue weighted by Crippen LogP contribution is 2.34. The largest absolute Gasteiger partial charge is 0.497 e. The smallest absolute Gasteiger partial charge is 0.326 e. The van der Waals surface area contributed by atoms with Gasteiger partial charge in [0.1, 0.15) is 17.5 Å². The van der Waals surface area contributed by atoms with Gasteiger partial charge in [-0.05, 0) is 25.0 Å². The Morgan fingerprint density at radius 2 is 2.00 bits per heavy atom. The quantitative estimate of drug-likeness (QED) is 0.794. The second-order valence-corrected chi connectivity index (χ2v) is 4.49. The lowest BCUT2D eigenvalue weighted by atomic mass is 10.1. The molecule has 0 fully saturated rings. The van der Waals surface area contributed by atoms with Gasteiger partial charge in [-0.25, -0.2) is 4.79 Å². The van der Waals surface area contributed by atoms with Crippen LogP contribution in [0.3, 0.4) is 0 Å². The topological polar surface area (TPSA) is 59.0 Å². The summed E-state index contributed by atoms with van der Waals surface area (Å²) >= 11 is 0. The van der Waals surface area contributed by atoms with E-state index < -0.39 is 12.0 Å². The molecule has 20 heavy (non-hydrogen) atoms. The molecule has 112 valence electrons. The van der Waals surface area contributed by atoms with E-state index in [9.17, 15) is 9.90 Å². The average Bonchev–Trinajstić information content (AvgIpc) is 2.46. The summed E-state index contributed by atoms with van der Waals surface area (Å²) in [6.45, 7) is 4.56. The van der Waals surface area contributed by atoms with E-state index in [-0.39, 0.29) is 0 Å². The molecular weight excluding hydrogens is 258 g/mol. The van der Waals surface area contributed by atoms with Crippen molar-refractivity contribution in [3.05, 3.63) is 18.2 Å². The number of methoxy groups -OCH3 is 2. The molecule has 0 unspecified atom stereocenters. The molecule has 0 saturated carbocycles. The molecule has 0 bridgehead atoms. The van der Waals surface area contributed by atoms with Gasteiger partial charge >= 0.3 is 5.97 Å². The molecule has 0 aliphatic heterocycles. The first-order valence-electron chi connectivity index (χ1n) is 6.80. The highest BCUT2D eigenvalue weighted by Gasteiger charge is 2.25. The van der Waals surface area contributed by atoms with Crippen LogP contribution in [-0.2, 0) is 4.79 Å². The lowest BCUT2D eigenvalue weighted by Crippen LogP contribution is -2.41. The van der Waals surface area contributed by atoms with Gasteiger partial charge in [-0.2, -0.15) is 0 Å². The molecule has 0 spiro atoms. The second-order valence-electron chi connectivity index (χ2n) is 4.49. The summed E-state index contributed by atoms with van der Waals surface area (Å²) < 4.78 is 10.5. The fourth-order valence-corrected chi connectivity index (χ4v) is 2.24. The molecule has 0 aromatic heterocycles. The van der Waals surface area contributed by atoms with Gasteiger partial charge in [0.15, 0.2) is 0 Å². The monoisotopic (exact) mass is 281 g/mol. The van der Waals surface area contributed by atoms with Crippen molar-refractivity contribution in [2.45, 2.75) is 32.7 Å². The third kappa shape index (κ3) is 3.56. The zero-order chi connectivity index (χ0) is 15.1. The zero-order valence-corrected chi connectivity index (χ0v) is 12.5.